The molecule has 1 aromatic heterocycles. The molecule has 0 aliphatic rings. The largest absolute Gasteiger partial charge is 0.385 e. The highest BCUT2D eigenvalue weighted by molar-refractivity contribution is 5.12. The third-order valence-corrected chi connectivity index (χ3v) is 3.62. The molecular formula is C16H31N3O. The van der Waals surface area contributed by atoms with Gasteiger partial charge in [0.15, 0.2) is 0 Å². The Labute approximate surface area is 123 Å². The standard InChI is InChI=1S/C16H31N3O/c1-5-10-17-15(9-8-11-20-4)13-16-12-14(6-2)18-19(16)7-3/h12,15,17H,5-11,13H2,1-4H3. The summed E-state index contributed by atoms with van der Waals surface area (Å²) >= 11 is 0. The second-order valence-electron chi connectivity index (χ2n) is 5.29. The van der Waals surface area contributed by atoms with Crippen LogP contribution in [0.3, 0.4) is 0 Å². The Bertz CT molecular complexity index is 363. The van der Waals surface area contributed by atoms with Crippen molar-refractivity contribution in [2.24, 2.45) is 0 Å². The molecule has 0 fully saturated rings. The van der Waals surface area contributed by atoms with E-state index in [2.05, 4.69) is 41.9 Å². The Balaban J connectivity index is 2.63. The quantitative estimate of drug-likeness (QED) is 0.634. The Morgan fingerprint density at radius 2 is 2.15 bits per heavy atom. The van der Waals surface area contributed by atoms with Crippen molar-refractivity contribution in [1.29, 1.82) is 0 Å². The molecule has 0 aliphatic heterocycles. The lowest BCUT2D eigenvalue weighted by Crippen LogP contribution is -2.32. The van der Waals surface area contributed by atoms with Crippen LogP contribution >= 0.6 is 0 Å². The molecule has 1 heterocycles. The number of hydrogen-bond acceptors (Lipinski definition) is 3. The van der Waals surface area contributed by atoms with Crippen molar-refractivity contribution in [3.63, 3.8) is 0 Å². The van der Waals surface area contributed by atoms with Crippen molar-refractivity contribution in [3.8, 4) is 0 Å². The van der Waals surface area contributed by atoms with Gasteiger partial charge in [0.2, 0.25) is 0 Å². The molecule has 1 aromatic rings. The fourth-order valence-corrected chi connectivity index (χ4v) is 2.48. The summed E-state index contributed by atoms with van der Waals surface area (Å²) in [6, 6.07) is 2.79. The predicted octanol–water partition coefficient (Wildman–Crippen LogP) is 2.80. The molecule has 4 nitrogen and oxygen atoms in total. The zero-order valence-electron chi connectivity index (χ0n) is 13.6. The van der Waals surface area contributed by atoms with E-state index in [-0.39, 0.29) is 0 Å². The van der Waals surface area contributed by atoms with E-state index in [0.29, 0.717) is 6.04 Å². The molecule has 0 aliphatic carbocycles. The number of rotatable bonds is 11. The van der Waals surface area contributed by atoms with Gasteiger partial charge in [0.25, 0.3) is 0 Å². The fraction of sp³-hybridized carbons (Fsp3) is 0.812. The first-order chi connectivity index (χ1) is 9.74. The minimum Gasteiger partial charge on any atom is -0.385 e. The average molecular weight is 281 g/mol. The van der Waals surface area contributed by atoms with E-state index in [4.69, 9.17) is 4.74 Å². The first kappa shape index (κ1) is 17.2. The molecule has 0 aromatic carbocycles. The summed E-state index contributed by atoms with van der Waals surface area (Å²) in [5.41, 5.74) is 2.56. The lowest BCUT2D eigenvalue weighted by molar-refractivity contribution is 0.188. The molecule has 4 heteroatoms. The zero-order chi connectivity index (χ0) is 14.8. The maximum Gasteiger partial charge on any atom is 0.0624 e. The highest BCUT2D eigenvalue weighted by atomic mass is 16.5. The minimum absolute atomic E-state index is 0.525. The van der Waals surface area contributed by atoms with Gasteiger partial charge in [-0.15, -0.1) is 0 Å². The first-order valence-electron chi connectivity index (χ1n) is 8.02. The van der Waals surface area contributed by atoms with Gasteiger partial charge in [-0.3, -0.25) is 4.68 Å². The molecular weight excluding hydrogens is 250 g/mol. The van der Waals surface area contributed by atoms with Gasteiger partial charge >= 0.3 is 0 Å². The lowest BCUT2D eigenvalue weighted by Gasteiger charge is -2.18. The van der Waals surface area contributed by atoms with Crippen LogP contribution in [0.25, 0.3) is 0 Å². The van der Waals surface area contributed by atoms with Crippen molar-refractivity contribution < 1.29 is 4.74 Å². The molecule has 0 bridgehead atoms. The second kappa shape index (κ2) is 9.94. The van der Waals surface area contributed by atoms with Crippen molar-refractivity contribution in [2.45, 2.75) is 65.5 Å². The summed E-state index contributed by atoms with van der Waals surface area (Å²) in [6.45, 7) is 9.42. The summed E-state index contributed by atoms with van der Waals surface area (Å²) < 4.78 is 7.32. The molecule has 1 N–H and O–H groups in total. The van der Waals surface area contributed by atoms with Crippen LogP contribution in [0.1, 0.15) is 51.4 Å². The van der Waals surface area contributed by atoms with E-state index in [1.54, 1.807) is 7.11 Å². The van der Waals surface area contributed by atoms with E-state index in [1.807, 2.05) is 0 Å². The monoisotopic (exact) mass is 281 g/mol. The summed E-state index contributed by atoms with van der Waals surface area (Å²) in [5.74, 6) is 0. The smallest absolute Gasteiger partial charge is 0.0624 e. The van der Waals surface area contributed by atoms with E-state index in [1.165, 1.54) is 17.8 Å². The van der Waals surface area contributed by atoms with Gasteiger partial charge in [0.1, 0.15) is 0 Å². The number of nitrogens with zero attached hydrogens (tertiary/aromatic N) is 2. The molecule has 1 rings (SSSR count). The number of hydrogen-bond donors (Lipinski definition) is 1. The Kier molecular flexibility index (Phi) is 8.54. The minimum atomic E-state index is 0.525. The van der Waals surface area contributed by atoms with Gasteiger partial charge in [0, 0.05) is 38.4 Å². The zero-order valence-corrected chi connectivity index (χ0v) is 13.6. The molecule has 116 valence electrons. The Hall–Kier alpha value is -0.870. The van der Waals surface area contributed by atoms with Gasteiger partial charge in [-0.2, -0.15) is 5.10 Å². The van der Waals surface area contributed by atoms with Crippen LogP contribution in [-0.2, 0) is 24.1 Å². The number of aromatic nitrogens is 2. The van der Waals surface area contributed by atoms with Gasteiger partial charge in [0.05, 0.1) is 5.69 Å². The lowest BCUT2D eigenvalue weighted by atomic mass is 10.1. The summed E-state index contributed by atoms with van der Waals surface area (Å²) in [6.07, 6.45) is 5.51. The Morgan fingerprint density at radius 3 is 2.75 bits per heavy atom. The van der Waals surface area contributed by atoms with Crippen LogP contribution in [0, 0.1) is 0 Å². The third kappa shape index (κ3) is 5.63. The van der Waals surface area contributed by atoms with E-state index < -0.39 is 0 Å². The van der Waals surface area contributed by atoms with E-state index in [0.717, 1.165) is 45.4 Å². The van der Waals surface area contributed by atoms with Crippen molar-refractivity contribution >= 4 is 0 Å². The van der Waals surface area contributed by atoms with Crippen molar-refractivity contribution in [2.75, 3.05) is 20.3 Å². The number of nitrogens with one attached hydrogen (secondary N) is 1. The van der Waals surface area contributed by atoms with Crippen LogP contribution in [0.2, 0.25) is 0 Å². The summed E-state index contributed by atoms with van der Waals surface area (Å²) in [7, 11) is 1.77. The second-order valence-corrected chi connectivity index (χ2v) is 5.29. The molecule has 20 heavy (non-hydrogen) atoms. The topological polar surface area (TPSA) is 39.1 Å². The van der Waals surface area contributed by atoms with Crippen LogP contribution in [0.4, 0.5) is 0 Å². The number of aryl methyl sites for hydroxylation is 2. The highest BCUT2D eigenvalue weighted by Crippen LogP contribution is 2.11. The molecule has 0 spiro atoms. The van der Waals surface area contributed by atoms with Crippen molar-refractivity contribution in [3.05, 3.63) is 17.5 Å². The Morgan fingerprint density at radius 1 is 1.35 bits per heavy atom. The molecule has 0 saturated heterocycles. The van der Waals surface area contributed by atoms with Crippen LogP contribution in [0.15, 0.2) is 6.07 Å². The van der Waals surface area contributed by atoms with Gasteiger partial charge in [-0.25, -0.2) is 0 Å². The maximum atomic E-state index is 5.17. The molecule has 1 atom stereocenters. The summed E-state index contributed by atoms with van der Waals surface area (Å²) in [5, 5.41) is 8.30. The highest BCUT2D eigenvalue weighted by Gasteiger charge is 2.13. The summed E-state index contributed by atoms with van der Waals surface area (Å²) in [4.78, 5) is 0. The van der Waals surface area contributed by atoms with Crippen molar-refractivity contribution in [1.82, 2.24) is 15.1 Å². The number of ether oxygens (including phenoxy) is 1. The number of methoxy groups -OCH3 is 1. The van der Waals surface area contributed by atoms with E-state index in [9.17, 15) is 0 Å². The molecule has 0 saturated carbocycles. The van der Waals surface area contributed by atoms with Gasteiger partial charge in [-0.1, -0.05) is 13.8 Å². The van der Waals surface area contributed by atoms with E-state index >= 15 is 0 Å². The SMILES string of the molecule is CCCNC(CCCOC)Cc1cc(CC)nn1CC. The van der Waals surface area contributed by atoms with Crippen LogP contribution in [0.5, 0.6) is 0 Å². The average Bonchev–Trinajstić information content (AvgIpc) is 2.87. The van der Waals surface area contributed by atoms with Gasteiger partial charge < -0.3 is 10.1 Å². The third-order valence-electron chi connectivity index (χ3n) is 3.62. The molecule has 1 unspecified atom stereocenters. The first-order valence-corrected chi connectivity index (χ1v) is 8.02. The molecule has 0 amide bonds. The normalized spacial score (nSPS) is 12.8. The maximum absolute atomic E-state index is 5.17. The van der Waals surface area contributed by atoms with Crippen LogP contribution < -0.4 is 5.32 Å². The van der Waals surface area contributed by atoms with Crippen LogP contribution in [-0.4, -0.2) is 36.1 Å². The fourth-order valence-electron chi connectivity index (χ4n) is 2.48. The predicted molar refractivity (Wildman–Crippen MR) is 84.2 cm³/mol. The van der Waals surface area contributed by atoms with Gasteiger partial charge in [-0.05, 0) is 45.2 Å². The molecule has 0 radical (unpaired) electrons.